The Kier molecular flexibility index (Phi) is 4.37. The molecule has 3 rings (SSSR count). The van der Waals surface area contributed by atoms with Crippen molar-refractivity contribution >= 4 is 11.6 Å². The second kappa shape index (κ2) is 6.23. The molecule has 1 saturated carbocycles. The number of ether oxygens (including phenoxy) is 2. The van der Waals surface area contributed by atoms with Gasteiger partial charge in [0.05, 0.1) is 5.02 Å². The third kappa shape index (κ3) is 3.04. The minimum Gasteiger partial charge on any atom is -0.454 e. The molecule has 4 heteroatoms. The van der Waals surface area contributed by atoms with Crippen LogP contribution in [0.15, 0.2) is 12.1 Å². The molecule has 1 N–H and O–H groups in total. The lowest BCUT2D eigenvalue weighted by molar-refractivity contribution is 0.174. The van der Waals surface area contributed by atoms with Crippen molar-refractivity contribution in [1.82, 2.24) is 5.32 Å². The lowest BCUT2D eigenvalue weighted by Crippen LogP contribution is -2.34. The second-order valence-electron chi connectivity index (χ2n) is 5.88. The number of halogens is 1. The van der Waals surface area contributed by atoms with E-state index in [2.05, 4.69) is 12.2 Å². The first-order valence-electron chi connectivity index (χ1n) is 7.55. The topological polar surface area (TPSA) is 30.5 Å². The van der Waals surface area contributed by atoms with E-state index in [1.165, 1.54) is 32.1 Å². The SMILES string of the molecule is C[C@@H](NCc1cc(Cl)c2c(c1)OCO2)C1CCCCC1. The summed E-state index contributed by atoms with van der Waals surface area (Å²) in [7, 11) is 0. The van der Waals surface area contributed by atoms with Crippen LogP contribution in [0.4, 0.5) is 0 Å². The molecule has 1 aliphatic heterocycles. The molecule has 0 amide bonds. The van der Waals surface area contributed by atoms with E-state index in [4.69, 9.17) is 21.1 Å². The van der Waals surface area contributed by atoms with E-state index in [9.17, 15) is 0 Å². The van der Waals surface area contributed by atoms with Crippen molar-refractivity contribution in [2.24, 2.45) is 5.92 Å². The number of rotatable bonds is 4. The fourth-order valence-electron chi connectivity index (χ4n) is 3.20. The molecule has 20 heavy (non-hydrogen) atoms. The summed E-state index contributed by atoms with van der Waals surface area (Å²) in [6, 6.07) is 4.55. The summed E-state index contributed by atoms with van der Waals surface area (Å²) in [4.78, 5) is 0. The van der Waals surface area contributed by atoms with Crippen LogP contribution >= 0.6 is 11.6 Å². The Morgan fingerprint density at radius 1 is 1.25 bits per heavy atom. The summed E-state index contributed by atoms with van der Waals surface area (Å²) in [5.41, 5.74) is 1.15. The van der Waals surface area contributed by atoms with Crippen molar-refractivity contribution in [3.63, 3.8) is 0 Å². The van der Waals surface area contributed by atoms with Gasteiger partial charge < -0.3 is 14.8 Å². The van der Waals surface area contributed by atoms with Gasteiger partial charge in [0.1, 0.15) is 0 Å². The minimum atomic E-state index is 0.268. The summed E-state index contributed by atoms with van der Waals surface area (Å²) in [5, 5.41) is 4.27. The Balaban J connectivity index is 1.59. The summed E-state index contributed by atoms with van der Waals surface area (Å²) in [6.45, 7) is 3.39. The lowest BCUT2D eigenvalue weighted by atomic mass is 9.84. The first-order valence-corrected chi connectivity index (χ1v) is 7.93. The molecule has 1 heterocycles. The smallest absolute Gasteiger partial charge is 0.231 e. The van der Waals surface area contributed by atoms with Gasteiger partial charge in [-0.1, -0.05) is 30.9 Å². The van der Waals surface area contributed by atoms with Gasteiger partial charge in [0.25, 0.3) is 0 Å². The maximum atomic E-state index is 6.21. The van der Waals surface area contributed by atoms with E-state index < -0.39 is 0 Å². The van der Waals surface area contributed by atoms with Crippen LogP contribution in [0.3, 0.4) is 0 Å². The third-order valence-electron chi connectivity index (χ3n) is 4.47. The van der Waals surface area contributed by atoms with Gasteiger partial charge >= 0.3 is 0 Å². The van der Waals surface area contributed by atoms with E-state index in [0.29, 0.717) is 16.8 Å². The monoisotopic (exact) mass is 295 g/mol. The first-order chi connectivity index (χ1) is 9.74. The third-order valence-corrected chi connectivity index (χ3v) is 4.75. The van der Waals surface area contributed by atoms with Gasteiger partial charge in [-0.2, -0.15) is 0 Å². The Morgan fingerprint density at radius 3 is 2.85 bits per heavy atom. The van der Waals surface area contributed by atoms with Gasteiger partial charge in [0.2, 0.25) is 6.79 Å². The van der Waals surface area contributed by atoms with Crippen molar-refractivity contribution < 1.29 is 9.47 Å². The predicted molar refractivity (Wildman–Crippen MR) is 80.5 cm³/mol. The highest BCUT2D eigenvalue weighted by Crippen LogP contribution is 2.39. The number of hydrogen-bond donors (Lipinski definition) is 1. The van der Waals surface area contributed by atoms with Crippen LogP contribution in [0.25, 0.3) is 0 Å². The zero-order valence-corrected chi connectivity index (χ0v) is 12.7. The highest BCUT2D eigenvalue weighted by Gasteiger charge is 2.21. The molecule has 0 aromatic heterocycles. The molecular formula is C16H22ClNO2. The predicted octanol–water partition coefficient (Wildman–Crippen LogP) is 4.13. The fraction of sp³-hybridized carbons (Fsp3) is 0.625. The fourth-order valence-corrected chi connectivity index (χ4v) is 3.49. The largest absolute Gasteiger partial charge is 0.454 e. The Hall–Kier alpha value is -0.930. The van der Waals surface area contributed by atoms with E-state index in [0.717, 1.165) is 23.8 Å². The number of nitrogens with one attached hydrogen (secondary N) is 1. The van der Waals surface area contributed by atoms with Crippen molar-refractivity contribution in [2.45, 2.75) is 51.6 Å². The van der Waals surface area contributed by atoms with Crippen molar-refractivity contribution in [3.8, 4) is 11.5 Å². The molecule has 1 aliphatic carbocycles. The highest BCUT2D eigenvalue weighted by atomic mass is 35.5. The van der Waals surface area contributed by atoms with Gasteiger partial charge in [0.15, 0.2) is 11.5 Å². The van der Waals surface area contributed by atoms with E-state index >= 15 is 0 Å². The van der Waals surface area contributed by atoms with Gasteiger partial charge in [-0.3, -0.25) is 0 Å². The zero-order chi connectivity index (χ0) is 13.9. The van der Waals surface area contributed by atoms with Crippen molar-refractivity contribution in [2.75, 3.05) is 6.79 Å². The summed E-state index contributed by atoms with van der Waals surface area (Å²) in [6.07, 6.45) is 6.88. The molecule has 0 radical (unpaired) electrons. The van der Waals surface area contributed by atoms with Gasteiger partial charge in [-0.05, 0) is 43.4 Å². The normalized spacial score (nSPS) is 20.1. The van der Waals surface area contributed by atoms with Crippen molar-refractivity contribution in [1.29, 1.82) is 0 Å². The minimum absolute atomic E-state index is 0.268. The Morgan fingerprint density at radius 2 is 2.05 bits per heavy atom. The molecule has 1 aromatic rings. The standard InChI is InChI=1S/C16H22ClNO2/c1-11(13-5-3-2-4-6-13)18-9-12-7-14(17)16-15(8-12)19-10-20-16/h7-8,11,13,18H,2-6,9-10H2,1H3/t11-/m1/s1. The molecule has 0 unspecified atom stereocenters. The molecule has 0 spiro atoms. The van der Waals surface area contributed by atoms with Crippen LogP contribution in [-0.2, 0) is 6.54 Å². The zero-order valence-electron chi connectivity index (χ0n) is 12.0. The second-order valence-corrected chi connectivity index (χ2v) is 6.29. The van der Waals surface area contributed by atoms with E-state index in [1.54, 1.807) is 0 Å². The molecule has 1 aromatic carbocycles. The Labute approximate surface area is 125 Å². The molecular weight excluding hydrogens is 274 g/mol. The van der Waals surface area contributed by atoms with Gasteiger partial charge in [0, 0.05) is 12.6 Å². The van der Waals surface area contributed by atoms with E-state index in [-0.39, 0.29) is 6.79 Å². The molecule has 0 saturated heterocycles. The maximum absolute atomic E-state index is 6.21. The van der Waals surface area contributed by atoms with Crippen LogP contribution < -0.4 is 14.8 Å². The molecule has 0 bridgehead atoms. The van der Waals surface area contributed by atoms with E-state index in [1.807, 2.05) is 12.1 Å². The molecule has 3 nitrogen and oxygen atoms in total. The molecule has 2 aliphatic rings. The molecule has 1 atom stereocenters. The van der Waals surface area contributed by atoms with Crippen LogP contribution in [0.2, 0.25) is 5.02 Å². The van der Waals surface area contributed by atoms with Crippen molar-refractivity contribution in [3.05, 3.63) is 22.7 Å². The summed E-state index contributed by atoms with van der Waals surface area (Å²) in [5.74, 6) is 2.25. The number of benzene rings is 1. The van der Waals surface area contributed by atoms with Crippen LogP contribution in [-0.4, -0.2) is 12.8 Å². The lowest BCUT2D eigenvalue weighted by Gasteiger charge is -2.28. The number of fused-ring (bicyclic) bond motifs is 1. The summed E-state index contributed by atoms with van der Waals surface area (Å²) >= 11 is 6.21. The molecule has 110 valence electrons. The average Bonchev–Trinajstić information content (AvgIpc) is 2.94. The average molecular weight is 296 g/mol. The Bertz CT molecular complexity index is 472. The van der Waals surface area contributed by atoms with Gasteiger partial charge in [-0.15, -0.1) is 0 Å². The van der Waals surface area contributed by atoms with Crippen LogP contribution in [0, 0.1) is 5.92 Å². The quantitative estimate of drug-likeness (QED) is 0.906. The highest BCUT2D eigenvalue weighted by molar-refractivity contribution is 6.32. The summed E-state index contributed by atoms with van der Waals surface area (Å²) < 4.78 is 10.7. The molecule has 1 fully saturated rings. The maximum Gasteiger partial charge on any atom is 0.231 e. The first kappa shape index (κ1) is 14.0. The number of hydrogen-bond acceptors (Lipinski definition) is 3. The van der Waals surface area contributed by atoms with Crippen LogP contribution in [0.5, 0.6) is 11.5 Å². The van der Waals surface area contributed by atoms with Crippen LogP contribution in [0.1, 0.15) is 44.6 Å². The van der Waals surface area contributed by atoms with Gasteiger partial charge in [-0.25, -0.2) is 0 Å².